The van der Waals surface area contributed by atoms with E-state index in [2.05, 4.69) is 11.9 Å². The quantitative estimate of drug-likeness (QED) is 0.910. The molecule has 23 heavy (non-hydrogen) atoms. The van der Waals surface area contributed by atoms with Crippen molar-refractivity contribution in [2.45, 2.75) is 6.61 Å². The fourth-order valence-corrected chi connectivity index (χ4v) is 2.59. The molecule has 0 fully saturated rings. The predicted octanol–water partition coefficient (Wildman–Crippen LogP) is 2.24. The van der Waals surface area contributed by atoms with Crippen molar-refractivity contribution in [2.75, 3.05) is 11.9 Å². The summed E-state index contributed by atoms with van der Waals surface area (Å²) in [6, 6.07) is 14.1. The van der Waals surface area contributed by atoms with Crippen LogP contribution in [-0.4, -0.2) is 28.4 Å². The lowest BCUT2D eigenvalue weighted by Crippen LogP contribution is -2.32. The molecule has 0 aliphatic carbocycles. The Bertz CT molecular complexity index is 763. The molecule has 1 aliphatic heterocycles. The molecule has 2 aromatic carbocycles. The van der Waals surface area contributed by atoms with Crippen molar-refractivity contribution in [3.63, 3.8) is 0 Å². The second kappa shape index (κ2) is 6.06. The molecule has 0 saturated carbocycles. The zero-order valence-corrected chi connectivity index (χ0v) is 12.5. The first-order valence-corrected chi connectivity index (χ1v) is 7.20. The zero-order valence-electron chi connectivity index (χ0n) is 12.5. The molecule has 2 N–H and O–H groups in total. The number of aliphatic hydroxyl groups is 1. The Kier molecular flexibility index (Phi) is 3.95. The van der Waals surface area contributed by atoms with Crippen LogP contribution >= 0.6 is 0 Å². The van der Waals surface area contributed by atoms with Crippen molar-refractivity contribution in [3.8, 4) is 0 Å². The molecule has 1 aliphatic rings. The Morgan fingerprint density at radius 1 is 1.13 bits per heavy atom. The minimum atomic E-state index is -0.317. The number of hydrogen-bond acceptors (Lipinski definition) is 3. The van der Waals surface area contributed by atoms with E-state index in [0.717, 1.165) is 5.56 Å². The van der Waals surface area contributed by atoms with Gasteiger partial charge in [-0.25, -0.2) is 0 Å². The summed E-state index contributed by atoms with van der Waals surface area (Å²) in [5.41, 5.74) is 3.14. The summed E-state index contributed by atoms with van der Waals surface area (Å²) in [7, 11) is 0. The van der Waals surface area contributed by atoms with E-state index < -0.39 is 0 Å². The third kappa shape index (κ3) is 2.86. The summed E-state index contributed by atoms with van der Waals surface area (Å²) in [6.45, 7) is 3.71. The number of nitrogens with zero attached hydrogens (tertiary/aromatic N) is 1. The van der Waals surface area contributed by atoms with Crippen molar-refractivity contribution in [1.82, 2.24) is 4.90 Å². The molecule has 0 bridgehead atoms. The maximum absolute atomic E-state index is 12.3. The summed E-state index contributed by atoms with van der Waals surface area (Å²) in [6.07, 6.45) is 0. The molecule has 0 unspecified atom stereocenters. The maximum Gasteiger partial charge on any atom is 0.259 e. The molecule has 116 valence electrons. The van der Waals surface area contributed by atoms with E-state index in [1.807, 2.05) is 12.1 Å². The fourth-order valence-electron chi connectivity index (χ4n) is 2.59. The number of fused-ring (bicyclic) bond motifs is 1. The van der Waals surface area contributed by atoms with E-state index in [0.29, 0.717) is 22.5 Å². The average molecular weight is 308 g/mol. The Hall–Kier alpha value is -2.92. The molecule has 5 heteroatoms. The number of carbonyl (C=O) groups excluding carboxylic acids is 2. The standard InChI is InChI=1S/C18H16N2O3/c1-12-15-7-2-3-8-16(15)18(23)20(12)10-17(22)19-14-6-4-5-13(9-14)11-21/h2-9,21H,1,10-11H2,(H,19,22). The molecule has 1 heterocycles. The van der Waals surface area contributed by atoms with Crippen LogP contribution in [0.4, 0.5) is 5.69 Å². The molecular weight excluding hydrogens is 292 g/mol. The molecule has 2 amide bonds. The third-order valence-corrected chi connectivity index (χ3v) is 3.73. The molecule has 5 nitrogen and oxygen atoms in total. The summed E-state index contributed by atoms with van der Waals surface area (Å²) in [5.74, 6) is -0.535. The first-order chi connectivity index (χ1) is 11.1. The van der Waals surface area contributed by atoms with Crippen LogP contribution in [-0.2, 0) is 11.4 Å². The van der Waals surface area contributed by atoms with Gasteiger partial charge >= 0.3 is 0 Å². The van der Waals surface area contributed by atoms with Crippen LogP contribution in [0.25, 0.3) is 5.70 Å². The van der Waals surface area contributed by atoms with Gasteiger partial charge in [0.25, 0.3) is 5.91 Å². The Morgan fingerprint density at radius 3 is 2.57 bits per heavy atom. The smallest absolute Gasteiger partial charge is 0.259 e. The summed E-state index contributed by atoms with van der Waals surface area (Å²) < 4.78 is 0. The molecule has 0 atom stereocenters. The number of anilines is 1. The van der Waals surface area contributed by atoms with Gasteiger partial charge in [0.1, 0.15) is 6.54 Å². The number of rotatable bonds is 4. The lowest BCUT2D eigenvalue weighted by molar-refractivity contribution is -0.116. The van der Waals surface area contributed by atoms with Crippen LogP contribution in [0.15, 0.2) is 55.1 Å². The van der Waals surface area contributed by atoms with Crippen LogP contribution in [0, 0.1) is 0 Å². The van der Waals surface area contributed by atoms with Gasteiger partial charge in [-0.1, -0.05) is 36.9 Å². The van der Waals surface area contributed by atoms with E-state index in [9.17, 15) is 9.59 Å². The van der Waals surface area contributed by atoms with Gasteiger partial charge in [-0.3, -0.25) is 14.5 Å². The summed E-state index contributed by atoms with van der Waals surface area (Å²) in [5, 5.41) is 11.8. The lowest BCUT2D eigenvalue weighted by Gasteiger charge is -2.17. The topological polar surface area (TPSA) is 69.6 Å². The van der Waals surface area contributed by atoms with Gasteiger partial charge in [-0.15, -0.1) is 0 Å². The van der Waals surface area contributed by atoms with Crippen molar-refractivity contribution >= 4 is 23.2 Å². The summed E-state index contributed by atoms with van der Waals surface area (Å²) in [4.78, 5) is 25.9. The first-order valence-electron chi connectivity index (χ1n) is 7.20. The minimum absolute atomic E-state index is 0.0968. The first kappa shape index (κ1) is 15.0. The molecule has 0 radical (unpaired) electrons. The second-order valence-corrected chi connectivity index (χ2v) is 5.29. The van der Waals surface area contributed by atoms with Crippen LogP contribution < -0.4 is 5.32 Å². The van der Waals surface area contributed by atoms with Crippen LogP contribution in [0.2, 0.25) is 0 Å². The average Bonchev–Trinajstić information content (AvgIpc) is 2.80. The van der Waals surface area contributed by atoms with E-state index in [1.165, 1.54) is 4.90 Å². The lowest BCUT2D eigenvalue weighted by atomic mass is 10.1. The summed E-state index contributed by atoms with van der Waals surface area (Å²) >= 11 is 0. The SMILES string of the molecule is C=C1c2ccccc2C(=O)N1CC(=O)Nc1cccc(CO)c1. The molecule has 0 spiro atoms. The van der Waals surface area contributed by atoms with Gasteiger partial charge in [0.15, 0.2) is 0 Å². The highest BCUT2D eigenvalue weighted by Gasteiger charge is 2.31. The monoisotopic (exact) mass is 308 g/mol. The number of benzene rings is 2. The fraction of sp³-hybridized carbons (Fsp3) is 0.111. The van der Waals surface area contributed by atoms with E-state index >= 15 is 0 Å². The molecule has 2 aromatic rings. The molecular formula is C18H16N2O3. The van der Waals surface area contributed by atoms with E-state index in [4.69, 9.17) is 5.11 Å². The highest BCUT2D eigenvalue weighted by molar-refractivity contribution is 6.11. The van der Waals surface area contributed by atoms with Gasteiger partial charge in [-0.2, -0.15) is 0 Å². The largest absolute Gasteiger partial charge is 0.392 e. The van der Waals surface area contributed by atoms with Crippen LogP contribution in [0.5, 0.6) is 0 Å². The highest BCUT2D eigenvalue weighted by Crippen LogP contribution is 2.30. The Labute approximate surface area is 133 Å². The number of nitrogens with one attached hydrogen (secondary N) is 1. The van der Waals surface area contributed by atoms with Crippen molar-refractivity contribution in [2.24, 2.45) is 0 Å². The number of carbonyl (C=O) groups is 2. The van der Waals surface area contributed by atoms with Crippen molar-refractivity contribution < 1.29 is 14.7 Å². The predicted molar refractivity (Wildman–Crippen MR) is 87.5 cm³/mol. The molecule has 0 saturated heterocycles. The van der Waals surface area contributed by atoms with E-state index in [-0.39, 0.29) is 25.0 Å². The minimum Gasteiger partial charge on any atom is -0.392 e. The molecule has 0 aromatic heterocycles. The zero-order chi connectivity index (χ0) is 16.4. The van der Waals surface area contributed by atoms with Crippen LogP contribution in [0.3, 0.4) is 0 Å². The second-order valence-electron chi connectivity index (χ2n) is 5.29. The van der Waals surface area contributed by atoms with Crippen LogP contribution in [0.1, 0.15) is 21.5 Å². The van der Waals surface area contributed by atoms with Gasteiger partial charge in [0.2, 0.25) is 5.91 Å². The van der Waals surface area contributed by atoms with Gasteiger partial charge in [0.05, 0.1) is 6.61 Å². The maximum atomic E-state index is 12.3. The number of amides is 2. The highest BCUT2D eigenvalue weighted by atomic mass is 16.3. The van der Waals surface area contributed by atoms with Crippen molar-refractivity contribution in [1.29, 1.82) is 0 Å². The Morgan fingerprint density at radius 2 is 1.87 bits per heavy atom. The molecule has 3 rings (SSSR count). The van der Waals surface area contributed by atoms with E-state index in [1.54, 1.807) is 36.4 Å². The van der Waals surface area contributed by atoms with Gasteiger partial charge in [0, 0.05) is 22.5 Å². The number of hydrogen-bond donors (Lipinski definition) is 2. The number of aliphatic hydroxyl groups excluding tert-OH is 1. The van der Waals surface area contributed by atoms with Gasteiger partial charge < -0.3 is 10.4 Å². The normalized spacial score (nSPS) is 13.2. The Balaban J connectivity index is 1.71. The van der Waals surface area contributed by atoms with Crippen molar-refractivity contribution in [3.05, 3.63) is 71.8 Å². The van der Waals surface area contributed by atoms with Gasteiger partial charge in [-0.05, 0) is 23.8 Å². The third-order valence-electron chi connectivity index (χ3n) is 3.73.